The summed E-state index contributed by atoms with van der Waals surface area (Å²) >= 11 is 1.53. The van der Waals surface area contributed by atoms with Crippen LogP contribution in [0.1, 0.15) is 35.8 Å². The Morgan fingerprint density at radius 2 is 1.74 bits per heavy atom. The molecule has 3 aromatic rings. The lowest BCUT2D eigenvalue weighted by molar-refractivity contribution is -0.118. The predicted octanol–water partition coefficient (Wildman–Crippen LogP) is 5.74. The fourth-order valence-electron chi connectivity index (χ4n) is 3.77. The molecule has 1 N–H and O–H groups in total. The summed E-state index contributed by atoms with van der Waals surface area (Å²) in [6, 6.07) is 23.3. The molecule has 31 heavy (non-hydrogen) atoms. The third-order valence-corrected chi connectivity index (χ3v) is 6.58. The standard InChI is InChI=1S/C25H23FN2O2S/c1-2-22(17-6-4-3-5-7-17)24(30)27-20-12-8-18(9-13-20)25-28(23(29)16-31-25)21-14-10-19(26)11-15-21/h3-15,22,25H,2,16H2,1H3,(H,27,30)/t22-,25-/m0/s1. The van der Waals surface area contributed by atoms with E-state index in [1.807, 2.05) is 61.5 Å². The number of nitrogens with zero attached hydrogens (tertiary/aromatic N) is 1. The van der Waals surface area contributed by atoms with Gasteiger partial charge in [0.1, 0.15) is 11.2 Å². The van der Waals surface area contributed by atoms with Crippen molar-refractivity contribution < 1.29 is 14.0 Å². The summed E-state index contributed by atoms with van der Waals surface area (Å²) < 4.78 is 13.3. The fourth-order valence-corrected chi connectivity index (χ4v) is 4.95. The van der Waals surface area contributed by atoms with Gasteiger partial charge in [-0.15, -0.1) is 11.8 Å². The lowest BCUT2D eigenvalue weighted by atomic mass is 9.95. The van der Waals surface area contributed by atoms with Crippen molar-refractivity contribution in [3.63, 3.8) is 0 Å². The van der Waals surface area contributed by atoms with Crippen molar-refractivity contribution in [1.82, 2.24) is 0 Å². The second-order valence-electron chi connectivity index (χ2n) is 7.39. The maximum atomic E-state index is 13.3. The molecule has 0 unspecified atom stereocenters. The van der Waals surface area contributed by atoms with Gasteiger partial charge in [-0.1, -0.05) is 49.4 Å². The van der Waals surface area contributed by atoms with Crippen LogP contribution in [0.15, 0.2) is 78.9 Å². The Morgan fingerprint density at radius 1 is 1.06 bits per heavy atom. The van der Waals surface area contributed by atoms with Crippen LogP contribution in [0.4, 0.5) is 15.8 Å². The summed E-state index contributed by atoms with van der Waals surface area (Å²) in [5.41, 5.74) is 3.33. The van der Waals surface area contributed by atoms with Crippen LogP contribution >= 0.6 is 11.8 Å². The minimum Gasteiger partial charge on any atom is -0.326 e. The topological polar surface area (TPSA) is 49.4 Å². The van der Waals surface area contributed by atoms with E-state index in [1.165, 1.54) is 23.9 Å². The van der Waals surface area contributed by atoms with Gasteiger partial charge in [-0.05, 0) is 53.9 Å². The molecule has 3 aromatic carbocycles. The molecule has 1 aliphatic heterocycles. The minimum atomic E-state index is -0.333. The quantitative estimate of drug-likeness (QED) is 0.538. The molecule has 0 radical (unpaired) electrons. The predicted molar refractivity (Wildman–Crippen MR) is 124 cm³/mol. The molecule has 0 saturated carbocycles. The van der Waals surface area contributed by atoms with E-state index in [9.17, 15) is 14.0 Å². The number of nitrogens with one attached hydrogen (secondary N) is 1. The molecule has 1 aliphatic rings. The van der Waals surface area contributed by atoms with E-state index in [2.05, 4.69) is 5.32 Å². The molecular weight excluding hydrogens is 411 g/mol. The van der Waals surface area contributed by atoms with Crippen LogP contribution in [0.25, 0.3) is 0 Å². The molecule has 4 nitrogen and oxygen atoms in total. The van der Waals surface area contributed by atoms with Gasteiger partial charge in [0.25, 0.3) is 0 Å². The summed E-state index contributed by atoms with van der Waals surface area (Å²) in [5.74, 6) is -0.221. The lowest BCUT2D eigenvalue weighted by Gasteiger charge is -2.24. The molecule has 0 bridgehead atoms. The molecule has 0 aliphatic carbocycles. The highest BCUT2D eigenvalue weighted by molar-refractivity contribution is 8.00. The Kier molecular flexibility index (Phi) is 6.37. The number of hydrogen-bond donors (Lipinski definition) is 1. The van der Waals surface area contributed by atoms with Crippen LogP contribution in [-0.2, 0) is 9.59 Å². The maximum absolute atomic E-state index is 13.3. The highest BCUT2D eigenvalue weighted by Crippen LogP contribution is 2.42. The Morgan fingerprint density at radius 3 is 2.39 bits per heavy atom. The smallest absolute Gasteiger partial charge is 0.238 e. The average Bonchev–Trinajstić information content (AvgIpc) is 3.17. The SMILES string of the molecule is CC[C@H](C(=O)Nc1ccc([C@@H]2SCC(=O)N2c2ccc(F)cc2)cc1)c1ccccc1. The number of rotatable bonds is 6. The van der Waals surface area contributed by atoms with Crippen molar-refractivity contribution in [1.29, 1.82) is 0 Å². The van der Waals surface area contributed by atoms with E-state index < -0.39 is 0 Å². The Hall–Kier alpha value is -3.12. The first-order valence-electron chi connectivity index (χ1n) is 10.2. The monoisotopic (exact) mass is 434 g/mol. The van der Waals surface area contributed by atoms with Crippen molar-refractivity contribution in [3.8, 4) is 0 Å². The van der Waals surface area contributed by atoms with E-state index in [1.54, 1.807) is 17.0 Å². The summed E-state index contributed by atoms with van der Waals surface area (Å²) in [6.45, 7) is 2.00. The van der Waals surface area contributed by atoms with E-state index >= 15 is 0 Å². The van der Waals surface area contributed by atoms with Gasteiger partial charge in [-0.2, -0.15) is 0 Å². The maximum Gasteiger partial charge on any atom is 0.238 e. The third kappa shape index (κ3) is 4.64. The van der Waals surface area contributed by atoms with Crippen LogP contribution in [0.2, 0.25) is 0 Å². The van der Waals surface area contributed by atoms with Gasteiger partial charge >= 0.3 is 0 Å². The Balaban J connectivity index is 1.49. The zero-order valence-electron chi connectivity index (χ0n) is 17.1. The number of carbonyl (C=O) groups is 2. The lowest BCUT2D eigenvalue weighted by Crippen LogP contribution is -2.27. The molecule has 1 fully saturated rings. The van der Waals surface area contributed by atoms with Crippen LogP contribution in [-0.4, -0.2) is 17.6 Å². The van der Waals surface area contributed by atoms with Crippen molar-refractivity contribution >= 4 is 35.0 Å². The second kappa shape index (κ2) is 9.35. The van der Waals surface area contributed by atoms with Crippen molar-refractivity contribution in [3.05, 3.63) is 95.8 Å². The first kappa shape index (κ1) is 21.1. The molecule has 1 saturated heterocycles. The third-order valence-electron chi connectivity index (χ3n) is 5.36. The normalized spacial score (nSPS) is 16.9. The first-order chi connectivity index (χ1) is 15.1. The molecule has 0 spiro atoms. The van der Waals surface area contributed by atoms with Crippen molar-refractivity contribution in [2.45, 2.75) is 24.6 Å². The van der Waals surface area contributed by atoms with Gasteiger partial charge in [-0.3, -0.25) is 14.5 Å². The molecule has 2 amide bonds. The highest BCUT2D eigenvalue weighted by Gasteiger charge is 2.34. The Bertz CT molecular complexity index is 1060. The molecule has 1 heterocycles. The molecule has 6 heteroatoms. The summed E-state index contributed by atoms with van der Waals surface area (Å²) in [5, 5.41) is 2.81. The van der Waals surface area contributed by atoms with E-state index in [0.29, 0.717) is 23.5 Å². The van der Waals surface area contributed by atoms with Gasteiger partial charge < -0.3 is 5.32 Å². The molecule has 4 rings (SSSR count). The molecule has 158 valence electrons. The van der Waals surface area contributed by atoms with Gasteiger partial charge in [0, 0.05) is 11.4 Å². The summed E-state index contributed by atoms with van der Waals surface area (Å²) in [4.78, 5) is 26.9. The van der Waals surface area contributed by atoms with Crippen LogP contribution in [0.5, 0.6) is 0 Å². The van der Waals surface area contributed by atoms with Crippen LogP contribution in [0, 0.1) is 5.82 Å². The van der Waals surface area contributed by atoms with E-state index in [4.69, 9.17) is 0 Å². The molecule has 2 atom stereocenters. The van der Waals surface area contributed by atoms with E-state index in [0.717, 1.165) is 11.1 Å². The summed E-state index contributed by atoms with van der Waals surface area (Å²) in [6.07, 6.45) is 0.710. The highest BCUT2D eigenvalue weighted by atomic mass is 32.2. The van der Waals surface area contributed by atoms with Gasteiger partial charge in [0.2, 0.25) is 11.8 Å². The van der Waals surface area contributed by atoms with E-state index in [-0.39, 0.29) is 28.9 Å². The zero-order valence-corrected chi connectivity index (χ0v) is 17.9. The zero-order chi connectivity index (χ0) is 21.8. The first-order valence-corrected chi connectivity index (χ1v) is 11.3. The molecule has 0 aromatic heterocycles. The summed E-state index contributed by atoms with van der Waals surface area (Å²) in [7, 11) is 0. The average molecular weight is 435 g/mol. The van der Waals surface area contributed by atoms with Crippen LogP contribution < -0.4 is 10.2 Å². The molecular formula is C25H23FN2O2S. The van der Waals surface area contributed by atoms with Crippen LogP contribution in [0.3, 0.4) is 0 Å². The number of carbonyl (C=O) groups excluding carboxylic acids is 2. The number of anilines is 2. The minimum absolute atomic E-state index is 0.00682. The number of halogens is 1. The van der Waals surface area contributed by atoms with Crippen molar-refractivity contribution in [2.75, 3.05) is 16.0 Å². The fraction of sp³-hybridized carbons (Fsp3) is 0.200. The number of hydrogen-bond acceptors (Lipinski definition) is 3. The van der Waals surface area contributed by atoms with Gasteiger partial charge in [0.05, 0.1) is 11.7 Å². The van der Waals surface area contributed by atoms with Gasteiger partial charge in [0.15, 0.2) is 0 Å². The second-order valence-corrected chi connectivity index (χ2v) is 8.45. The largest absolute Gasteiger partial charge is 0.326 e. The Labute approximate surface area is 185 Å². The van der Waals surface area contributed by atoms with Crippen molar-refractivity contribution in [2.24, 2.45) is 0 Å². The number of thioether (sulfide) groups is 1. The number of amides is 2. The van der Waals surface area contributed by atoms with Gasteiger partial charge in [-0.25, -0.2) is 4.39 Å². The number of benzene rings is 3.